The summed E-state index contributed by atoms with van der Waals surface area (Å²) < 4.78 is 8.33. The van der Waals surface area contributed by atoms with Gasteiger partial charge in [-0.3, -0.25) is 4.98 Å². The molecule has 0 spiro atoms. The predicted molar refractivity (Wildman–Crippen MR) is 89.8 cm³/mol. The molecule has 2 heterocycles. The van der Waals surface area contributed by atoms with Gasteiger partial charge >= 0.3 is 0 Å². The highest BCUT2D eigenvalue weighted by atomic mass is 79.9. The highest BCUT2D eigenvalue weighted by Crippen LogP contribution is 2.21. The molecule has 0 fully saturated rings. The first-order valence-corrected chi connectivity index (χ1v) is 11.4. The maximum atomic E-state index is 5.66. The van der Waals surface area contributed by atoms with Crippen molar-refractivity contribution in [2.45, 2.75) is 39.3 Å². The number of ether oxygens (including phenoxy) is 1. The van der Waals surface area contributed by atoms with E-state index in [2.05, 4.69) is 50.6 Å². The molecule has 0 amide bonds. The van der Waals surface area contributed by atoms with Crippen molar-refractivity contribution in [3.05, 3.63) is 28.8 Å². The topological polar surface area (TPSA) is 52.8 Å². The molecule has 0 aliphatic rings. The summed E-state index contributed by atoms with van der Waals surface area (Å²) in [6.45, 7) is 10.2. The highest BCUT2D eigenvalue weighted by Gasteiger charge is 2.12. The van der Waals surface area contributed by atoms with E-state index in [-0.39, 0.29) is 0 Å². The van der Waals surface area contributed by atoms with Crippen molar-refractivity contribution in [3.63, 3.8) is 0 Å². The average Bonchev–Trinajstić information content (AvgIpc) is 2.86. The van der Waals surface area contributed by atoms with Gasteiger partial charge in [0.2, 0.25) is 0 Å². The molecule has 5 nitrogen and oxygen atoms in total. The van der Waals surface area contributed by atoms with Crippen molar-refractivity contribution >= 4 is 24.0 Å². The lowest BCUT2D eigenvalue weighted by molar-refractivity contribution is 0.0785. The van der Waals surface area contributed by atoms with Crippen molar-refractivity contribution in [2.24, 2.45) is 0 Å². The SMILES string of the molecule is Cc1ncc(-c2ncn(COCC[Si](C)(C)C)n2)cc1Br. The van der Waals surface area contributed by atoms with Gasteiger partial charge in [-0.1, -0.05) is 19.6 Å². The first kappa shape index (κ1) is 16.3. The zero-order chi connectivity index (χ0) is 15.5. The Bertz CT molecular complexity index is 609. The van der Waals surface area contributed by atoms with Gasteiger partial charge in [-0.25, -0.2) is 9.67 Å². The summed E-state index contributed by atoms with van der Waals surface area (Å²) in [6, 6.07) is 3.14. The van der Waals surface area contributed by atoms with Crippen LogP contribution in [0.5, 0.6) is 0 Å². The molecule has 2 aromatic heterocycles. The number of pyridine rings is 1. The minimum absolute atomic E-state index is 0.442. The van der Waals surface area contributed by atoms with Gasteiger partial charge in [0, 0.05) is 30.9 Å². The minimum Gasteiger partial charge on any atom is -0.359 e. The molecule has 7 heteroatoms. The fourth-order valence-electron chi connectivity index (χ4n) is 1.65. The molecule has 0 saturated heterocycles. The van der Waals surface area contributed by atoms with Gasteiger partial charge in [0.25, 0.3) is 0 Å². The van der Waals surface area contributed by atoms with E-state index in [1.165, 1.54) is 0 Å². The van der Waals surface area contributed by atoms with Crippen molar-refractivity contribution in [1.29, 1.82) is 0 Å². The van der Waals surface area contributed by atoms with Crippen molar-refractivity contribution < 1.29 is 4.74 Å². The van der Waals surface area contributed by atoms with E-state index in [1.54, 1.807) is 17.2 Å². The molecule has 0 aromatic carbocycles. The normalized spacial score (nSPS) is 11.9. The van der Waals surface area contributed by atoms with Crippen LogP contribution in [0.25, 0.3) is 11.4 Å². The van der Waals surface area contributed by atoms with Crippen LogP contribution in [0.1, 0.15) is 5.69 Å². The lowest BCUT2D eigenvalue weighted by Crippen LogP contribution is -2.22. The molecule has 0 radical (unpaired) electrons. The number of hydrogen-bond donors (Lipinski definition) is 0. The van der Waals surface area contributed by atoms with Crippen molar-refractivity contribution in [3.8, 4) is 11.4 Å². The van der Waals surface area contributed by atoms with Gasteiger partial charge in [-0.05, 0) is 35.0 Å². The van der Waals surface area contributed by atoms with Crippen molar-refractivity contribution in [1.82, 2.24) is 19.7 Å². The summed E-state index contributed by atoms with van der Waals surface area (Å²) in [5.41, 5.74) is 1.85. The fourth-order valence-corrected chi connectivity index (χ4v) is 2.76. The maximum Gasteiger partial charge on any atom is 0.182 e. The number of halogens is 1. The first-order chi connectivity index (χ1) is 9.85. The van der Waals surface area contributed by atoms with E-state index in [0.717, 1.165) is 28.4 Å². The molecular weight excluding hydrogens is 348 g/mol. The van der Waals surface area contributed by atoms with Gasteiger partial charge in [-0.15, -0.1) is 5.10 Å². The molecule has 0 saturated carbocycles. The molecular formula is C14H21BrN4OSi. The van der Waals surface area contributed by atoms with E-state index in [0.29, 0.717) is 12.6 Å². The van der Waals surface area contributed by atoms with E-state index in [1.807, 2.05) is 13.0 Å². The van der Waals surface area contributed by atoms with Crippen LogP contribution >= 0.6 is 15.9 Å². The van der Waals surface area contributed by atoms with E-state index in [4.69, 9.17) is 4.74 Å². The summed E-state index contributed by atoms with van der Waals surface area (Å²) in [7, 11) is -1.04. The molecule has 0 N–H and O–H groups in total. The fraction of sp³-hybridized carbons (Fsp3) is 0.500. The summed E-state index contributed by atoms with van der Waals surface area (Å²) in [5.74, 6) is 0.664. The number of aryl methyl sites for hydroxylation is 1. The minimum atomic E-state index is -1.04. The van der Waals surface area contributed by atoms with Crippen LogP contribution < -0.4 is 0 Å². The third-order valence-corrected chi connectivity index (χ3v) is 5.55. The monoisotopic (exact) mass is 368 g/mol. The standard InChI is InChI=1S/C14H21BrN4OSi/c1-11-13(15)7-12(8-16-11)14-17-9-19(18-14)10-20-5-6-21(2,3)4/h7-9H,5-6,10H2,1-4H3. The summed E-state index contributed by atoms with van der Waals surface area (Å²) in [4.78, 5) is 8.61. The van der Waals surface area contributed by atoms with Gasteiger partial charge in [-0.2, -0.15) is 0 Å². The van der Waals surface area contributed by atoms with Crippen LogP contribution in [0.4, 0.5) is 0 Å². The van der Waals surface area contributed by atoms with Gasteiger partial charge in [0.15, 0.2) is 5.82 Å². The van der Waals surface area contributed by atoms with Crippen LogP contribution in [-0.2, 0) is 11.5 Å². The molecule has 0 unspecified atom stereocenters. The third-order valence-electron chi connectivity index (χ3n) is 3.04. The number of aromatic nitrogens is 4. The Labute approximate surface area is 134 Å². The second-order valence-corrected chi connectivity index (χ2v) is 12.7. The smallest absolute Gasteiger partial charge is 0.182 e. The quantitative estimate of drug-likeness (QED) is 0.575. The number of rotatable bonds is 6. The molecule has 0 aliphatic carbocycles. The predicted octanol–water partition coefficient (Wildman–Crippen LogP) is 3.72. The largest absolute Gasteiger partial charge is 0.359 e. The van der Waals surface area contributed by atoms with Crippen LogP contribution in [0, 0.1) is 6.92 Å². The van der Waals surface area contributed by atoms with Gasteiger partial charge < -0.3 is 4.74 Å². The molecule has 0 bridgehead atoms. The zero-order valence-corrected chi connectivity index (χ0v) is 15.5. The number of nitrogens with zero attached hydrogens (tertiary/aromatic N) is 4. The third kappa shape index (κ3) is 5.01. The summed E-state index contributed by atoms with van der Waals surface area (Å²) >= 11 is 3.47. The summed E-state index contributed by atoms with van der Waals surface area (Å²) in [5, 5.41) is 4.42. The average molecular weight is 369 g/mol. The Morgan fingerprint density at radius 1 is 1.29 bits per heavy atom. The molecule has 0 atom stereocenters. The summed E-state index contributed by atoms with van der Waals surface area (Å²) in [6.07, 6.45) is 3.48. The maximum absolute atomic E-state index is 5.66. The van der Waals surface area contributed by atoms with E-state index >= 15 is 0 Å². The van der Waals surface area contributed by atoms with Crippen LogP contribution in [0.15, 0.2) is 23.1 Å². The van der Waals surface area contributed by atoms with Crippen molar-refractivity contribution in [2.75, 3.05) is 6.61 Å². The molecule has 2 rings (SSSR count). The zero-order valence-electron chi connectivity index (χ0n) is 12.9. The van der Waals surface area contributed by atoms with Gasteiger partial charge in [0.05, 0.1) is 5.69 Å². The molecule has 114 valence electrons. The lowest BCUT2D eigenvalue weighted by Gasteiger charge is -2.15. The second-order valence-electron chi connectivity index (χ2n) is 6.25. The Morgan fingerprint density at radius 2 is 2.05 bits per heavy atom. The molecule has 2 aromatic rings. The highest BCUT2D eigenvalue weighted by molar-refractivity contribution is 9.10. The Hall–Kier alpha value is -1.05. The van der Waals surface area contributed by atoms with Gasteiger partial charge in [0.1, 0.15) is 13.1 Å². The Morgan fingerprint density at radius 3 is 2.71 bits per heavy atom. The molecule has 0 aliphatic heterocycles. The van der Waals surface area contributed by atoms with Crippen LogP contribution in [0.2, 0.25) is 25.7 Å². The second kappa shape index (κ2) is 6.80. The number of hydrogen-bond acceptors (Lipinski definition) is 4. The lowest BCUT2D eigenvalue weighted by atomic mass is 10.2. The van der Waals surface area contributed by atoms with E-state index in [9.17, 15) is 0 Å². The van der Waals surface area contributed by atoms with E-state index < -0.39 is 8.07 Å². The van der Waals surface area contributed by atoms with Crippen LogP contribution in [-0.4, -0.2) is 34.4 Å². The Balaban J connectivity index is 1.93. The Kier molecular flexibility index (Phi) is 5.29. The first-order valence-electron chi connectivity index (χ1n) is 6.95. The molecule has 21 heavy (non-hydrogen) atoms. The van der Waals surface area contributed by atoms with Crippen LogP contribution in [0.3, 0.4) is 0 Å².